The normalized spacial score (nSPS) is 9.56. The average Bonchev–Trinajstić information content (AvgIpc) is 1.80. The molecule has 0 fully saturated rings. The van der Waals surface area contributed by atoms with Crippen molar-refractivity contribution in [2.75, 3.05) is 5.73 Å². The molecule has 0 aliphatic heterocycles. The van der Waals surface area contributed by atoms with Crippen molar-refractivity contribution in [1.82, 2.24) is 0 Å². The number of nitrogens with one attached hydrogen (secondary N) is 1. The van der Waals surface area contributed by atoms with Crippen LogP contribution in [-0.2, 0) is 0 Å². The van der Waals surface area contributed by atoms with Crippen LogP contribution in [0.2, 0.25) is 5.02 Å². The van der Waals surface area contributed by atoms with Gasteiger partial charge in [-0.1, -0.05) is 11.6 Å². The number of aromatic nitrogens is 1. The van der Waals surface area contributed by atoms with Gasteiger partial charge in [-0.2, -0.15) is 4.39 Å². The molecule has 0 unspecified atom stereocenters. The van der Waals surface area contributed by atoms with E-state index in [0.29, 0.717) is 5.02 Å². The number of nitrogens with two attached hydrogens (primary N) is 1. The lowest BCUT2D eigenvalue weighted by Crippen LogP contribution is -2.11. The van der Waals surface area contributed by atoms with Gasteiger partial charge < -0.3 is 0 Å². The van der Waals surface area contributed by atoms with E-state index in [1.807, 2.05) is 0 Å². The van der Waals surface area contributed by atoms with Crippen LogP contribution in [0.5, 0.6) is 0 Å². The number of halogens is 2. The molecular formula is C5H5ClFN2+. The summed E-state index contributed by atoms with van der Waals surface area (Å²) in [4.78, 5) is 2.44. The molecule has 0 spiro atoms. The van der Waals surface area contributed by atoms with Crippen LogP contribution in [-0.4, -0.2) is 0 Å². The third-order valence-electron chi connectivity index (χ3n) is 0.887. The highest BCUT2D eigenvalue weighted by Gasteiger charge is 2.02. The fourth-order valence-electron chi connectivity index (χ4n) is 0.456. The molecule has 0 atom stereocenters. The first-order valence-corrected chi connectivity index (χ1v) is 2.70. The molecule has 1 aromatic heterocycles. The maximum absolute atomic E-state index is 12.3. The molecule has 0 saturated carbocycles. The molecule has 0 aliphatic rings. The molecule has 1 heterocycles. The Morgan fingerprint density at radius 2 is 2.33 bits per heavy atom. The summed E-state index contributed by atoms with van der Waals surface area (Å²) in [5, 5.41) is 0.307. The Morgan fingerprint density at radius 3 is 2.78 bits per heavy atom. The molecule has 9 heavy (non-hydrogen) atoms. The minimum Gasteiger partial charge on any atom is -0.285 e. The summed E-state index contributed by atoms with van der Waals surface area (Å²) in [6.07, 6.45) is 1.42. The van der Waals surface area contributed by atoms with Crippen molar-refractivity contribution >= 4 is 17.4 Å². The number of anilines is 1. The summed E-state index contributed by atoms with van der Waals surface area (Å²) in [5.41, 5.74) is 5.10. The number of hydrogen-bond acceptors (Lipinski definition) is 1. The van der Waals surface area contributed by atoms with E-state index >= 15 is 0 Å². The van der Waals surface area contributed by atoms with Crippen LogP contribution in [0.15, 0.2) is 12.3 Å². The van der Waals surface area contributed by atoms with Gasteiger partial charge in [0.1, 0.15) is 6.20 Å². The third kappa shape index (κ3) is 1.29. The Labute approximate surface area is 56.5 Å². The summed E-state index contributed by atoms with van der Waals surface area (Å²) in [6.45, 7) is 0. The van der Waals surface area contributed by atoms with Gasteiger partial charge in [0.05, 0.1) is 5.02 Å². The van der Waals surface area contributed by atoms with Gasteiger partial charge in [-0.15, -0.1) is 0 Å². The Hall–Kier alpha value is -0.830. The number of pyridine rings is 1. The van der Waals surface area contributed by atoms with Crippen molar-refractivity contribution in [2.45, 2.75) is 0 Å². The molecule has 1 aromatic rings. The van der Waals surface area contributed by atoms with Crippen LogP contribution in [0.1, 0.15) is 0 Å². The summed E-state index contributed by atoms with van der Waals surface area (Å²) in [6, 6.07) is 1.15. The van der Waals surface area contributed by atoms with E-state index in [4.69, 9.17) is 17.3 Å². The Morgan fingerprint density at radius 1 is 1.67 bits per heavy atom. The minimum atomic E-state index is -0.525. The Kier molecular flexibility index (Phi) is 1.53. The second-order valence-corrected chi connectivity index (χ2v) is 2.02. The van der Waals surface area contributed by atoms with Crippen molar-refractivity contribution < 1.29 is 9.37 Å². The average molecular weight is 148 g/mol. The number of hydrogen-bond donors (Lipinski definition) is 1. The zero-order valence-electron chi connectivity index (χ0n) is 4.49. The van der Waals surface area contributed by atoms with Crippen LogP contribution in [0, 0.1) is 5.82 Å². The van der Waals surface area contributed by atoms with Gasteiger partial charge >= 0.3 is 5.82 Å². The number of rotatable bonds is 0. The predicted octanol–water partition coefficient (Wildman–Crippen LogP) is 0.875. The fraction of sp³-hybridized carbons (Fsp3) is 0. The lowest BCUT2D eigenvalue weighted by molar-refractivity contribution is -0.362. The van der Waals surface area contributed by atoms with E-state index in [1.165, 1.54) is 6.20 Å². The topological polar surface area (TPSA) is 40.2 Å². The smallest absolute Gasteiger partial charge is 0.285 e. The zero-order chi connectivity index (χ0) is 6.85. The molecule has 0 aliphatic carbocycles. The number of H-pyrrole nitrogens is 1. The predicted molar refractivity (Wildman–Crippen MR) is 32.4 cm³/mol. The summed E-state index contributed by atoms with van der Waals surface area (Å²) < 4.78 is 12.3. The lowest BCUT2D eigenvalue weighted by atomic mass is 10.4. The Balaban J connectivity index is 3.17. The maximum Gasteiger partial charge on any atom is 0.306 e. The maximum atomic E-state index is 12.3. The van der Waals surface area contributed by atoms with Gasteiger partial charge in [0, 0.05) is 6.07 Å². The highest BCUT2D eigenvalue weighted by Crippen LogP contribution is 2.08. The van der Waals surface area contributed by atoms with E-state index in [0.717, 1.165) is 6.07 Å². The fourth-order valence-corrected chi connectivity index (χ4v) is 0.606. The van der Waals surface area contributed by atoms with Crippen molar-refractivity contribution in [3.63, 3.8) is 0 Å². The van der Waals surface area contributed by atoms with E-state index in [-0.39, 0.29) is 5.82 Å². The van der Waals surface area contributed by atoms with Gasteiger partial charge in [0.15, 0.2) is 0 Å². The van der Waals surface area contributed by atoms with Crippen molar-refractivity contribution in [1.29, 1.82) is 0 Å². The molecule has 0 radical (unpaired) electrons. The quantitative estimate of drug-likeness (QED) is 0.581. The van der Waals surface area contributed by atoms with Gasteiger partial charge in [-0.25, -0.2) is 4.98 Å². The highest BCUT2D eigenvalue weighted by molar-refractivity contribution is 6.30. The molecule has 48 valence electrons. The van der Waals surface area contributed by atoms with Gasteiger partial charge in [-0.3, -0.25) is 5.73 Å². The minimum absolute atomic E-state index is 0.000556. The molecule has 0 bridgehead atoms. The van der Waals surface area contributed by atoms with Crippen LogP contribution < -0.4 is 10.7 Å². The summed E-state index contributed by atoms with van der Waals surface area (Å²) >= 11 is 5.39. The monoisotopic (exact) mass is 147 g/mol. The van der Waals surface area contributed by atoms with Crippen LogP contribution in [0.25, 0.3) is 0 Å². The van der Waals surface area contributed by atoms with Crippen molar-refractivity contribution in [3.05, 3.63) is 23.1 Å². The zero-order valence-corrected chi connectivity index (χ0v) is 5.24. The first kappa shape index (κ1) is 6.29. The van der Waals surface area contributed by atoms with Gasteiger partial charge in [0.2, 0.25) is 5.82 Å². The molecule has 0 amide bonds. The van der Waals surface area contributed by atoms with E-state index in [9.17, 15) is 4.39 Å². The second kappa shape index (κ2) is 2.19. The lowest BCUT2D eigenvalue weighted by Gasteiger charge is -1.87. The summed E-state index contributed by atoms with van der Waals surface area (Å²) in [5.74, 6) is -0.526. The number of aromatic amines is 1. The summed E-state index contributed by atoms with van der Waals surface area (Å²) in [7, 11) is 0. The Bertz CT molecular complexity index is 226. The third-order valence-corrected chi connectivity index (χ3v) is 1.11. The molecule has 0 saturated heterocycles. The van der Waals surface area contributed by atoms with E-state index < -0.39 is 5.82 Å². The molecule has 3 N–H and O–H groups in total. The molecule has 4 heteroatoms. The second-order valence-electron chi connectivity index (χ2n) is 1.58. The largest absolute Gasteiger partial charge is 0.306 e. The van der Waals surface area contributed by atoms with Crippen LogP contribution in [0.4, 0.5) is 10.2 Å². The van der Waals surface area contributed by atoms with E-state index in [2.05, 4.69) is 4.98 Å². The molecule has 2 nitrogen and oxygen atoms in total. The van der Waals surface area contributed by atoms with Gasteiger partial charge in [0.25, 0.3) is 0 Å². The first-order chi connectivity index (χ1) is 4.20. The van der Waals surface area contributed by atoms with Gasteiger partial charge in [-0.05, 0) is 0 Å². The standard InChI is InChI=1S/C5H4ClFN2/c6-3-1-4(7)5(8)9-2-3/h1-2H,(H2,8,9)/p+1. The molecule has 1 rings (SSSR count). The van der Waals surface area contributed by atoms with Crippen LogP contribution >= 0.6 is 11.6 Å². The van der Waals surface area contributed by atoms with E-state index in [1.54, 1.807) is 0 Å². The number of nitrogen functional groups attached to an aromatic ring is 1. The van der Waals surface area contributed by atoms with Crippen LogP contribution in [0.3, 0.4) is 0 Å². The van der Waals surface area contributed by atoms with Crippen molar-refractivity contribution in [2.24, 2.45) is 0 Å². The SMILES string of the molecule is Nc1[nH+]cc(Cl)cc1F. The molecular weight excluding hydrogens is 143 g/mol. The first-order valence-electron chi connectivity index (χ1n) is 2.32. The highest BCUT2D eigenvalue weighted by atomic mass is 35.5. The molecule has 0 aromatic carbocycles. The van der Waals surface area contributed by atoms with Crippen molar-refractivity contribution in [3.8, 4) is 0 Å².